The number of pyridine rings is 1. The molecule has 0 radical (unpaired) electrons. The van der Waals surface area contributed by atoms with Gasteiger partial charge < -0.3 is 9.47 Å². The fourth-order valence-corrected chi connectivity index (χ4v) is 5.39. The van der Waals surface area contributed by atoms with Gasteiger partial charge in [0.05, 0.1) is 24.8 Å². The number of fused-ring (bicyclic) bond motifs is 1. The minimum atomic E-state index is -0.422. The van der Waals surface area contributed by atoms with Crippen LogP contribution in [0.1, 0.15) is 36.7 Å². The van der Waals surface area contributed by atoms with Crippen molar-refractivity contribution in [2.45, 2.75) is 39.8 Å². The minimum Gasteiger partial charge on any atom is -0.497 e. The van der Waals surface area contributed by atoms with E-state index in [0.29, 0.717) is 6.61 Å². The number of hydrogen-bond donors (Lipinski definition) is 0. The third kappa shape index (κ3) is 4.97. The molecule has 6 nitrogen and oxygen atoms in total. The van der Waals surface area contributed by atoms with Crippen molar-refractivity contribution in [2.75, 3.05) is 39.9 Å². The lowest BCUT2D eigenvalue weighted by atomic mass is 9.75. The number of benzene rings is 1. The summed E-state index contributed by atoms with van der Waals surface area (Å²) < 4.78 is 10.9. The van der Waals surface area contributed by atoms with Gasteiger partial charge in [-0.05, 0) is 63.1 Å². The largest absolute Gasteiger partial charge is 0.497 e. The van der Waals surface area contributed by atoms with Crippen molar-refractivity contribution in [3.8, 4) is 5.75 Å². The van der Waals surface area contributed by atoms with E-state index in [1.54, 1.807) is 7.11 Å². The van der Waals surface area contributed by atoms with Crippen molar-refractivity contribution in [1.29, 1.82) is 0 Å². The first kappa shape index (κ1) is 22.7. The van der Waals surface area contributed by atoms with E-state index >= 15 is 0 Å². The molecule has 2 aromatic rings. The van der Waals surface area contributed by atoms with E-state index in [4.69, 9.17) is 9.47 Å². The van der Waals surface area contributed by atoms with Gasteiger partial charge >= 0.3 is 5.97 Å². The van der Waals surface area contributed by atoms with Crippen molar-refractivity contribution in [1.82, 2.24) is 14.8 Å². The Balaban J connectivity index is 1.51. The normalized spacial score (nSPS) is 24.0. The Kier molecular flexibility index (Phi) is 7.11. The summed E-state index contributed by atoms with van der Waals surface area (Å²) in [5.74, 6) is 1.12. The number of likely N-dealkylation sites (tertiary alicyclic amines) is 2. The molecule has 2 aliphatic rings. The van der Waals surface area contributed by atoms with Crippen LogP contribution in [0.5, 0.6) is 5.75 Å². The summed E-state index contributed by atoms with van der Waals surface area (Å²) in [4.78, 5) is 22.8. The van der Waals surface area contributed by atoms with Crippen molar-refractivity contribution in [3.05, 3.63) is 59.4 Å². The highest BCUT2D eigenvalue weighted by Crippen LogP contribution is 2.44. The number of esters is 1. The monoisotopic (exact) mass is 437 g/mol. The van der Waals surface area contributed by atoms with Gasteiger partial charge in [0.25, 0.3) is 0 Å². The summed E-state index contributed by atoms with van der Waals surface area (Å²) in [7, 11) is 1.69. The van der Waals surface area contributed by atoms with E-state index in [1.165, 1.54) is 5.56 Å². The molecule has 1 aromatic carbocycles. The predicted molar refractivity (Wildman–Crippen MR) is 124 cm³/mol. The number of carbonyl (C=O) groups excluding carboxylic acids is 1. The second-order valence-corrected chi connectivity index (χ2v) is 9.20. The maximum Gasteiger partial charge on any atom is 0.313 e. The molecule has 0 spiro atoms. The first-order valence-electron chi connectivity index (χ1n) is 11.7. The van der Waals surface area contributed by atoms with Gasteiger partial charge in [0.15, 0.2) is 0 Å². The zero-order chi connectivity index (χ0) is 22.6. The molecule has 2 saturated heterocycles. The van der Waals surface area contributed by atoms with E-state index in [2.05, 4.69) is 39.0 Å². The van der Waals surface area contributed by atoms with Gasteiger partial charge in [0, 0.05) is 44.3 Å². The van der Waals surface area contributed by atoms with E-state index in [9.17, 15) is 4.79 Å². The van der Waals surface area contributed by atoms with Gasteiger partial charge in [-0.1, -0.05) is 18.2 Å². The number of aryl methyl sites for hydroxylation is 1. The van der Waals surface area contributed by atoms with Crippen LogP contribution in [0.15, 0.2) is 42.5 Å². The van der Waals surface area contributed by atoms with Crippen molar-refractivity contribution < 1.29 is 14.3 Å². The van der Waals surface area contributed by atoms with Gasteiger partial charge in [-0.2, -0.15) is 0 Å². The van der Waals surface area contributed by atoms with Crippen molar-refractivity contribution in [3.63, 3.8) is 0 Å². The lowest BCUT2D eigenvalue weighted by molar-refractivity contribution is -0.157. The first-order valence-corrected chi connectivity index (χ1v) is 11.7. The highest BCUT2D eigenvalue weighted by molar-refractivity contribution is 5.78. The van der Waals surface area contributed by atoms with Crippen LogP contribution in [-0.2, 0) is 22.6 Å². The smallest absolute Gasteiger partial charge is 0.313 e. The quantitative estimate of drug-likeness (QED) is 0.616. The second kappa shape index (κ2) is 10.0. The maximum absolute atomic E-state index is 13.2. The topological polar surface area (TPSA) is 54.9 Å². The highest BCUT2D eigenvalue weighted by atomic mass is 16.5. The summed E-state index contributed by atoms with van der Waals surface area (Å²) in [6, 6.07) is 14.5. The van der Waals surface area contributed by atoms with Gasteiger partial charge in [0.1, 0.15) is 5.75 Å². The number of nitrogens with zero attached hydrogens (tertiary/aromatic N) is 3. The van der Waals surface area contributed by atoms with Crippen molar-refractivity contribution in [2.24, 2.45) is 11.3 Å². The molecule has 3 heterocycles. The number of rotatable bonds is 7. The molecule has 6 heteroatoms. The van der Waals surface area contributed by atoms with E-state index in [-0.39, 0.29) is 11.9 Å². The number of methoxy groups -OCH3 is 1. The lowest BCUT2D eigenvalue weighted by Crippen LogP contribution is -2.42. The minimum absolute atomic E-state index is 0.0176. The molecule has 32 heavy (non-hydrogen) atoms. The molecule has 0 N–H and O–H groups in total. The molecule has 0 amide bonds. The van der Waals surface area contributed by atoms with E-state index in [0.717, 1.165) is 69.2 Å². The predicted octanol–water partition coefficient (Wildman–Crippen LogP) is 3.68. The molecule has 172 valence electrons. The van der Waals surface area contributed by atoms with Gasteiger partial charge in [-0.25, -0.2) is 0 Å². The van der Waals surface area contributed by atoms with Gasteiger partial charge in [0.2, 0.25) is 0 Å². The Morgan fingerprint density at radius 3 is 2.62 bits per heavy atom. The Morgan fingerprint density at radius 1 is 1.12 bits per heavy atom. The molecule has 0 aliphatic carbocycles. The van der Waals surface area contributed by atoms with Crippen LogP contribution in [0, 0.1) is 18.3 Å². The third-order valence-electron chi connectivity index (χ3n) is 6.92. The van der Waals surface area contributed by atoms with E-state index < -0.39 is 5.41 Å². The third-order valence-corrected chi connectivity index (χ3v) is 6.92. The van der Waals surface area contributed by atoms with Crippen LogP contribution < -0.4 is 4.74 Å². The Hall–Kier alpha value is -2.44. The Morgan fingerprint density at radius 2 is 1.91 bits per heavy atom. The molecule has 2 atom stereocenters. The SMILES string of the molecule is CCOC(=O)[C@]12CCCN(Cc3ccc(OC)cc3)C[C@H]1CN(Cc1cccc(C)n1)C2. The summed E-state index contributed by atoms with van der Waals surface area (Å²) in [5, 5.41) is 0. The molecule has 2 fully saturated rings. The van der Waals surface area contributed by atoms with Crippen LogP contribution in [0.2, 0.25) is 0 Å². The molecule has 4 rings (SSSR count). The summed E-state index contributed by atoms with van der Waals surface area (Å²) >= 11 is 0. The molecule has 0 unspecified atom stereocenters. The zero-order valence-corrected chi connectivity index (χ0v) is 19.5. The lowest BCUT2D eigenvalue weighted by Gasteiger charge is -2.31. The molecule has 0 saturated carbocycles. The van der Waals surface area contributed by atoms with Gasteiger partial charge in [-0.3, -0.25) is 19.6 Å². The first-order chi connectivity index (χ1) is 15.5. The average Bonchev–Trinajstić information content (AvgIpc) is 3.02. The van der Waals surface area contributed by atoms with E-state index in [1.807, 2.05) is 32.0 Å². The summed E-state index contributed by atoms with van der Waals surface area (Å²) in [6.07, 6.45) is 1.88. The molecule has 1 aromatic heterocycles. The number of aromatic nitrogens is 1. The molecule has 0 bridgehead atoms. The number of ether oxygens (including phenoxy) is 2. The number of hydrogen-bond acceptors (Lipinski definition) is 6. The van der Waals surface area contributed by atoms with Crippen LogP contribution in [0.25, 0.3) is 0 Å². The zero-order valence-electron chi connectivity index (χ0n) is 19.5. The average molecular weight is 438 g/mol. The summed E-state index contributed by atoms with van der Waals surface area (Å²) in [5.41, 5.74) is 2.94. The van der Waals surface area contributed by atoms with Crippen molar-refractivity contribution >= 4 is 5.97 Å². The second-order valence-electron chi connectivity index (χ2n) is 9.20. The van der Waals surface area contributed by atoms with Crippen LogP contribution in [0.3, 0.4) is 0 Å². The standard InChI is InChI=1S/C26H35N3O3/c1-4-32-25(30)26-13-6-14-28(15-21-9-11-24(31-3)12-10-21)16-22(26)17-29(19-26)18-23-8-5-7-20(2)27-23/h5,7-12,22H,4,6,13-19H2,1-3H3/t22-,26-/m0/s1. The highest BCUT2D eigenvalue weighted by Gasteiger charge is 2.53. The Labute approximate surface area is 191 Å². The van der Waals surface area contributed by atoms with Crippen LogP contribution >= 0.6 is 0 Å². The Bertz CT molecular complexity index is 917. The number of carbonyl (C=O) groups is 1. The fourth-order valence-electron chi connectivity index (χ4n) is 5.39. The maximum atomic E-state index is 13.2. The van der Waals surface area contributed by atoms with Crippen LogP contribution in [0.4, 0.5) is 0 Å². The molecular formula is C26H35N3O3. The summed E-state index contributed by atoms with van der Waals surface area (Å²) in [6.45, 7) is 9.58. The fraction of sp³-hybridized carbons (Fsp3) is 0.538. The molecular weight excluding hydrogens is 402 g/mol. The molecule has 2 aliphatic heterocycles. The van der Waals surface area contributed by atoms with Crippen LogP contribution in [-0.4, -0.2) is 60.6 Å². The van der Waals surface area contributed by atoms with Gasteiger partial charge in [-0.15, -0.1) is 0 Å².